The van der Waals surface area contributed by atoms with Gasteiger partial charge in [-0.25, -0.2) is 9.29 Å². The first-order chi connectivity index (χ1) is 15.7. The van der Waals surface area contributed by atoms with E-state index in [-0.39, 0.29) is 0 Å². The van der Waals surface area contributed by atoms with Gasteiger partial charge in [0.25, 0.3) is 0 Å². The summed E-state index contributed by atoms with van der Waals surface area (Å²) < 4.78 is 7.38. The molecule has 0 aliphatic heterocycles. The maximum Gasteiger partial charge on any atom is 0.214 e. The summed E-state index contributed by atoms with van der Waals surface area (Å²) in [6.45, 7) is 5.12. The Balaban J connectivity index is 1.54. The second kappa shape index (κ2) is 10.7. The number of methoxy groups -OCH3 is 1. The minimum absolute atomic E-state index is 0.582. The van der Waals surface area contributed by atoms with E-state index in [4.69, 9.17) is 16.3 Å². The predicted octanol–water partition coefficient (Wildman–Crippen LogP) is 5.34. The van der Waals surface area contributed by atoms with Gasteiger partial charge >= 0.3 is 0 Å². The van der Waals surface area contributed by atoms with Crippen molar-refractivity contribution in [1.29, 1.82) is 0 Å². The van der Waals surface area contributed by atoms with Crippen LogP contribution in [0.25, 0.3) is 22.2 Å². The highest BCUT2D eigenvalue weighted by atomic mass is 35.5. The molecule has 8 heteroatoms. The van der Waals surface area contributed by atoms with E-state index in [0.717, 1.165) is 58.1 Å². The van der Waals surface area contributed by atoms with Gasteiger partial charge in [-0.3, -0.25) is 4.79 Å². The van der Waals surface area contributed by atoms with Gasteiger partial charge in [0.15, 0.2) is 0 Å². The molecule has 0 bridgehead atoms. The number of nitrogens with zero attached hydrogens (tertiary/aromatic N) is 3. The second-order valence-corrected chi connectivity index (χ2v) is 9.49. The van der Waals surface area contributed by atoms with E-state index < -0.39 is 0 Å². The quantitative estimate of drug-likeness (QED) is 0.219. The van der Waals surface area contributed by atoms with Crippen molar-refractivity contribution in [3.63, 3.8) is 0 Å². The van der Waals surface area contributed by atoms with Crippen molar-refractivity contribution in [2.45, 2.75) is 25.7 Å². The molecule has 1 N–H and O–H groups in total. The highest BCUT2D eigenvalue weighted by molar-refractivity contribution is 7.97. The molecule has 32 heavy (non-hydrogen) atoms. The Hall–Kier alpha value is -2.06. The largest absolute Gasteiger partial charge is 0.384 e. The lowest BCUT2D eigenvalue weighted by atomic mass is 10.0. The molecular weight excluding hydrogens is 444 g/mol. The van der Waals surface area contributed by atoms with Crippen molar-refractivity contribution >= 4 is 46.7 Å². The van der Waals surface area contributed by atoms with Crippen molar-refractivity contribution in [3.8, 4) is 11.1 Å². The van der Waals surface area contributed by atoms with E-state index in [0.29, 0.717) is 19.1 Å². The van der Waals surface area contributed by atoms with Gasteiger partial charge in [-0.2, -0.15) is 0 Å². The third kappa shape index (κ3) is 5.12. The fourth-order valence-electron chi connectivity index (χ4n) is 3.88. The highest BCUT2D eigenvalue weighted by Crippen LogP contribution is 2.46. The molecule has 1 amide bonds. The molecule has 0 radical (unpaired) electrons. The summed E-state index contributed by atoms with van der Waals surface area (Å²) in [6.07, 6.45) is 7.16. The van der Waals surface area contributed by atoms with Crippen LogP contribution in [0.3, 0.4) is 0 Å². The fraction of sp³-hybridized carbons (Fsp3) is 0.417. The Morgan fingerprint density at radius 1 is 1.34 bits per heavy atom. The Morgan fingerprint density at radius 3 is 2.91 bits per heavy atom. The number of carbonyl (C=O) groups excluding carboxylic acids is 1. The van der Waals surface area contributed by atoms with E-state index in [1.54, 1.807) is 24.0 Å². The van der Waals surface area contributed by atoms with Crippen molar-refractivity contribution in [3.05, 3.63) is 47.2 Å². The fourth-order valence-corrected chi connectivity index (χ4v) is 5.12. The number of rotatable bonds is 12. The second-order valence-electron chi connectivity index (χ2n) is 7.92. The van der Waals surface area contributed by atoms with E-state index in [2.05, 4.69) is 21.2 Å². The van der Waals surface area contributed by atoms with Crippen molar-refractivity contribution in [1.82, 2.24) is 14.3 Å². The van der Waals surface area contributed by atoms with Crippen molar-refractivity contribution in [2.24, 2.45) is 0 Å². The van der Waals surface area contributed by atoms with Crippen LogP contribution in [0.4, 0.5) is 5.69 Å². The average Bonchev–Trinajstić information content (AvgIpc) is 3.57. The number of halogens is 1. The third-order valence-electron chi connectivity index (χ3n) is 5.81. The number of amides is 1. The molecule has 1 aromatic carbocycles. The number of hydrogen-bond donors (Lipinski definition) is 1. The molecule has 6 nitrogen and oxygen atoms in total. The van der Waals surface area contributed by atoms with E-state index in [1.165, 1.54) is 18.4 Å². The standard InChI is InChI=1S/C24H29ClN4O2S/c1-3-29(32-12-11-31-2)10-9-28(16-30)19-6-4-5-18(13-19)21-15-27-24-22(23(21)25)20(14-26-24)17-7-8-17/h4-6,13-17H,3,7-12H2,1-2H3,(H,26,27). The lowest BCUT2D eigenvalue weighted by Crippen LogP contribution is -2.31. The molecule has 1 aliphatic rings. The molecular formula is C24H29ClN4O2S. The van der Waals surface area contributed by atoms with Gasteiger partial charge in [-0.05, 0) is 42.0 Å². The SMILES string of the molecule is CCN(CCN(C=O)c1cccc(-c2cnc3[nH]cc(C4CC4)c3c2Cl)c1)SCCOC. The van der Waals surface area contributed by atoms with E-state index >= 15 is 0 Å². The van der Waals surface area contributed by atoms with Gasteiger partial charge in [0.2, 0.25) is 6.41 Å². The summed E-state index contributed by atoms with van der Waals surface area (Å²) in [7, 11) is 1.71. The number of anilines is 1. The summed E-state index contributed by atoms with van der Waals surface area (Å²) in [5.74, 6) is 1.48. The first-order valence-electron chi connectivity index (χ1n) is 11.0. The van der Waals surface area contributed by atoms with E-state index in [9.17, 15) is 4.79 Å². The van der Waals surface area contributed by atoms with Crippen molar-refractivity contribution < 1.29 is 9.53 Å². The molecule has 1 aliphatic carbocycles. The molecule has 2 aromatic heterocycles. The first kappa shape index (κ1) is 23.1. The zero-order chi connectivity index (χ0) is 22.5. The maximum atomic E-state index is 11.9. The van der Waals surface area contributed by atoms with Gasteiger partial charge in [0.05, 0.1) is 11.6 Å². The van der Waals surface area contributed by atoms with Crippen LogP contribution < -0.4 is 4.90 Å². The Kier molecular flexibility index (Phi) is 7.73. The molecule has 4 rings (SSSR count). The number of carbonyl (C=O) groups is 1. The smallest absolute Gasteiger partial charge is 0.214 e. The number of likely N-dealkylation sites (N-methyl/N-ethyl adjacent to an activating group) is 1. The monoisotopic (exact) mass is 472 g/mol. The summed E-state index contributed by atoms with van der Waals surface area (Å²) in [5.41, 5.74) is 4.79. The van der Waals surface area contributed by atoms with Gasteiger partial charge in [-0.1, -0.05) is 42.6 Å². The number of aromatic amines is 1. The summed E-state index contributed by atoms with van der Waals surface area (Å²) >= 11 is 8.62. The normalized spacial score (nSPS) is 13.8. The summed E-state index contributed by atoms with van der Waals surface area (Å²) in [4.78, 5) is 21.5. The summed E-state index contributed by atoms with van der Waals surface area (Å²) in [6, 6.07) is 7.95. The van der Waals surface area contributed by atoms with Crippen LogP contribution in [0.5, 0.6) is 0 Å². The lowest BCUT2D eigenvalue weighted by Gasteiger charge is -2.24. The van der Waals surface area contributed by atoms with Crippen LogP contribution in [0.15, 0.2) is 36.7 Å². The van der Waals surface area contributed by atoms with Crippen molar-refractivity contribution in [2.75, 3.05) is 44.0 Å². The van der Waals surface area contributed by atoms with Crippen LogP contribution in [-0.4, -0.2) is 59.8 Å². The number of hydrogen-bond acceptors (Lipinski definition) is 5. The zero-order valence-corrected chi connectivity index (χ0v) is 20.1. The van der Waals surface area contributed by atoms with Crippen LogP contribution in [0.1, 0.15) is 31.2 Å². The topological polar surface area (TPSA) is 61.5 Å². The van der Waals surface area contributed by atoms with E-state index in [1.807, 2.05) is 36.7 Å². The number of H-pyrrole nitrogens is 1. The van der Waals surface area contributed by atoms with Gasteiger partial charge < -0.3 is 14.6 Å². The van der Waals surface area contributed by atoms with Gasteiger partial charge in [0.1, 0.15) is 5.65 Å². The number of pyridine rings is 1. The third-order valence-corrected chi connectivity index (χ3v) is 7.35. The van der Waals surface area contributed by atoms with Gasteiger partial charge in [-0.15, -0.1) is 0 Å². The zero-order valence-electron chi connectivity index (χ0n) is 18.5. The Morgan fingerprint density at radius 2 is 2.19 bits per heavy atom. The molecule has 0 spiro atoms. The molecule has 2 heterocycles. The Bertz CT molecular complexity index is 1070. The van der Waals surface area contributed by atoms with Crippen LogP contribution in [0, 0.1) is 0 Å². The average molecular weight is 473 g/mol. The molecule has 1 saturated carbocycles. The maximum absolute atomic E-state index is 11.9. The predicted molar refractivity (Wildman–Crippen MR) is 134 cm³/mol. The number of nitrogens with one attached hydrogen (secondary N) is 1. The molecule has 0 atom stereocenters. The minimum Gasteiger partial charge on any atom is -0.384 e. The highest BCUT2D eigenvalue weighted by Gasteiger charge is 2.28. The molecule has 170 valence electrons. The molecule has 0 unspecified atom stereocenters. The number of ether oxygens (including phenoxy) is 1. The van der Waals surface area contributed by atoms with Crippen LogP contribution in [-0.2, 0) is 9.53 Å². The summed E-state index contributed by atoms with van der Waals surface area (Å²) in [5, 5.41) is 1.75. The molecule has 0 saturated heterocycles. The lowest BCUT2D eigenvalue weighted by molar-refractivity contribution is -0.107. The number of benzene rings is 1. The minimum atomic E-state index is 0.582. The molecule has 3 aromatic rings. The Labute approximate surface area is 198 Å². The molecule has 1 fully saturated rings. The van der Waals surface area contributed by atoms with Gasteiger partial charge in [0, 0.05) is 61.5 Å². The number of aromatic nitrogens is 2. The van der Waals surface area contributed by atoms with Crippen LogP contribution in [0.2, 0.25) is 5.02 Å². The number of fused-ring (bicyclic) bond motifs is 1. The van der Waals surface area contributed by atoms with Crippen LogP contribution >= 0.6 is 23.5 Å². The first-order valence-corrected chi connectivity index (χ1v) is 12.3.